The first-order chi connectivity index (χ1) is 11.5. The van der Waals surface area contributed by atoms with Crippen molar-refractivity contribution in [3.8, 4) is 5.75 Å². The number of nitrogens with two attached hydrogens (primary N) is 1. The largest absolute Gasteiger partial charge is 0.481 e. The third-order valence-corrected chi connectivity index (χ3v) is 4.91. The summed E-state index contributed by atoms with van der Waals surface area (Å²) in [5.41, 5.74) is 7.45. The Labute approximate surface area is 150 Å². The maximum atomic E-state index is 12.7. The molecule has 1 fully saturated rings. The van der Waals surface area contributed by atoms with Crippen molar-refractivity contribution in [2.24, 2.45) is 5.73 Å². The molecule has 2 N–H and O–H groups in total. The van der Waals surface area contributed by atoms with Crippen molar-refractivity contribution in [2.75, 3.05) is 13.1 Å². The molecule has 3 atom stereocenters. The van der Waals surface area contributed by atoms with Crippen LogP contribution in [0.3, 0.4) is 0 Å². The predicted molar refractivity (Wildman–Crippen MR) is 98.0 cm³/mol. The molecule has 0 aliphatic carbocycles. The molecule has 3 rings (SSSR count). The Hall–Kier alpha value is -1.85. The number of ether oxygens (including phenoxy) is 1. The topological polar surface area (TPSA) is 55.6 Å². The number of carbonyl (C=O) groups is 1. The molecule has 2 aromatic rings. The smallest absolute Gasteiger partial charge is 0.263 e. The number of amides is 1. The number of carbonyl (C=O) groups excluding carboxylic acids is 1. The number of nitrogens with zero attached hydrogens (tertiary/aromatic N) is 1. The first kappa shape index (κ1) is 17.0. The van der Waals surface area contributed by atoms with Crippen LogP contribution in [0.1, 0.15) is 18.4 Å². The minimum atomic E-state index is -0.534. The van der Waals surface area contributed by atoms with E-state index in [-0.39, 0.29) is 17.9 Å². The van der Waals surface area contributed by atoms with E-state index in [0.29, 0.717) is 18.8 Å². The van der Waals surface area contributed by atoms with Crippen molar-refractivity contribution in [2.45, 2.75) is 25.0 Å². The van der Waals surface area contributed by atoms with Gasteiger partial charge in [-0.3, -0.25) is 4.79 Å². The molecule has 1 heterocycles. The molecule has 0 spiro atoms. The zero-order valence-corrected chi connectivity index (χ0v) is 15.1. The van der Waals surface area contributed by atoms with Gasteiger partial charge in [0.2, 0.25) is 0 Å². The van der Waals surface area contributed by atoms with Gasteiger partial charge in [-0.2, -0.15) is 0 Å². The molecule has 1 amide bonds. The number of halogens is 1. The second-order valence-electron chi connectivity index (χ2n) is 6.14. The summed E-state index contributed by atoms with van der Waals surface area (Å²) >= 11 is 3.39. The monoisotopic (exact) mass is 388 g/mol. The van der Waals surface area contributed by atoms with Crippen LogP contribution in [0.15, 0.2) is 59.1 Å². The van der Waals surface area contributed by atoms with Gasteiger partial charge in [-0.05, 0) is 36.8 Å². The average Bonchev–Trinajstić information content (AvgIpc) is 2.99. The van der Waals surface area contributed by atoms with Crippen LogP contribution in [0.25, 0.3) is 0 Å². The molecule has 4 nitrogen and oxygen atoms in total. The zero-order valence-electron chi connectivity index (χ0n) is 13.6. The summed E-state index contributed by atoms with van der Waals surface area (Å²) < 4.78 is 6.74. The molecule has 126 valence electrons. The highest BCUT2D eigenvalue weighted by molar-refractivity contribution is 9.10. The third kappa shape index (κ3) is 3.79. The SMILES string of the molecule is CC(Oc1ccc(Br)cc1)C(=O)N1C[C@@H](N)[C@H](c2ccccc2)C1. The molecule has 0 bridgehead atoms. The Balaban J connectivity index is 1.64. The van der Waals surface area contributed by atoms with E-state index < -0.39 is 6.10 Å². The van der Waals surface area contributed by atoms with E-state index in [9.17, 15) is 4.79 Å². The summed E-state index contributed by atoms with van der Waals surface area (Å²) in [6, 6.07) is 17.6. The minimum Gasteiger partial charge on any atom is -0.481 e. The van der Waals surface area contributed by atoms with Crippen LogP contribution in [0.5, 0.6) is 5.75 Å². The van der Waals surface area contributed by atoms with Crippen molar-refractivity contribution in [3.05, 3.63) is 64.6 Å². The zero-order chi connectivity index (χ0) is 17.1. The molecule has 0 aromatic heterocycles. The Bertz CT molecular complexity index is 690. The summed E-state index contributed by atoms with van der Waals surface area (Å²) in [5.74, 6) is 0.837. The van der Waals surface area contributed by atoms with E-state index in [1.807, 2.05) is 47.4 Å². The second-order valence-corrected chi connectivity index (χ2v) is 7.05. The summed E-state index contributed by atoms with van der Waals surface area (Å²) in [5, 5.41) is 0. The van der Waals surface area contributed by atoms with Gasteiger partial charge in [0, 0.05) is 29.5 Å². The number of hydrogen-bond donors (Lipinski definition) is 1. The Kier molecular flexibility index (Phi) is 5.21. The van der Waals surface area contributed by atoms with Crippen LogP contribution in [-0.4, -0.2) is 36.0 Å². The van der Waals surface area contributed by atoms with E-state index in [1.165, 1.54) is 5.56 Å². The van der Waals surface area contributed by atoms with Crippen molar-refractivity contribution in [3.63, 3.8) is 0 Å². The van der Waals surface area contributed by atoms with Gasteiger partial charge in [-0.1, -0.05) is 46.3 Å². The van der Waals surface area contributed by atoms with Crippen LogP contribution in [0.4, 0.5) is 0 Å². The fourth-order valence-electron chi connectivity index (χ4n) is 3.09. The molecule has 1 aliphatic heterocycles. The average molecular weight is 389 g/mol. The van der Waals surface area contributed by atoms with E-state index in [2.05, 4.69) is 28.1 Å². The molecule has 24 heavy (non-hydrogen) atoms. The quantitative estimate of drug-likeness (QED) is 0.874. The summed E-state index contributed by atoms with van der Waals surface area (Å²) in [6.07, 6.45) is -0.534. The van der Waals surface area contributed by atoms with Gasteiger partial charge in [0.1, 0.15) is 5.75 Å². The molecular formula is C19H21BrN2O2. The predicted octanol–water partition coefficient (Wildman–Crippen LogP) is 3.17. The summed E-state index contributed by atoms with van der Waals surface area (Å²) in [7, 11) is 0. The Morgan fingerprint density at radius 3 is 2.50 bits per heavy atom. The van der Waals surface area contributed by atoms with Gasteiger partial charge in [-0.25, -0.2) is 0 Å². The normalized spacial score (nSPS) is 21.5. The lowest BCUT2D eigenvalue weighted by Gasteiger charge is -2.22. The number of rotatable bonds is 4. The van der Waals surface area contributed by atoms with Crippen LogP contribution in [-0.2, 0) is 4.79 Å². The first-order valence-electron chi connectivity index (χ1n) is 8.06. The van der Waals surface area contributed by atoms with Gasteiger partial charge in [-0.15, -0.1) is 0 Å². The minimum absolute atomic E-state index is 0.0215. The lowest BCUT2D eigenvalue weighted by atomic mass is 9.95. The van der Waals surface area contributed by atoms with E-state index >= 15 is 0 Å². The summed E-state index contributed by atoms with van der Waals surface area (Å²) in [6.45, 7) is 2.98. The highest BCUT2D eigenvalue weighted by Gasteiger charge is 2.35. The van der Waals surface area contributed by atoms with Crippen LogP contribution < -0.4 is 10.5 Å². The van der Waals surface area contributed by atoms with Crippen LogP contribution >= 0.6 is 15.9 Å². The fourth-order valence-corrected chi connectivity index (χ4v) is 3.35. The second kappa shape index (κ2) is 7.36. The lowest BCUT2D eigenvalue weighted by Crippen LogP contribution is -2.40. The van der Waals surface area contributed by atoms with Crippen molar-refractivity contribution >= 4 is 21.8 Å². The van der Waals surface area contributed by atoms with E-state index in [0.717, 1.165) is 4.47 Å². The molecule has 1 aliphatic rings. The number of benzene rings is 2. The highest BCUT2D eigenvalue weighted by atomic mass is 79.9. The maximum absolute atomic E-state index is 12.7. The van der Waals surface area contributed by atoms with Gasteiger partial charge < -0.3 is 15.4 Å². The molecular weight excluding hydrogens is 368 g/mol. The van der Waals surface area contributed by atoms with Crippen molar-refractivity contribution in [1.82, 2.24) is 4.90 Å². The van der Waals surface area contributed by atoms with Gasteiger partial charge >= 0.3 is 0 Å². The molecule has 1 unspecified atom stereocenters. The van der Waals surface area contributed by atoms with Crippen LogP contribution in [0.2, 0.25) is 0 Å². The number of hydrogen-bond acceptors (Lipinski definition) is 3. The molecule has 0 radical (unpaired) electrons. The van der Waals surface area contributed by atoms with Crippen molar-refractivity contribution < 1.29 is 9.53 Å². The van der Waals surface area contributed by atoms with Gasteiger partial charge in [0.15, 0.2) is 6.10 Å². The first-order valence-corrected chi connectivity index (χ1v) is 8.85. The Morgan fingerprint density at radius 2 is 1.83 bits per heavy atom. The molecule has 2 aromatic carbocycles. The maximum Gasteiger partial charge on any atom is 0.263 e. The summed E-state index contributed by atoms with van der Waals surface area (Å²) in [4.78, 5) is 14.5. The van der Waals surface area contributed by atoms with Crippen molar-refractivity contribution in [1.29, 1.82) is 0 Å². The highest BCUT2D eigenvalue weighted by Crippen LogP contribution is 2.27. The fraction of sp³-hybridized carbons (Fsp3) is 0.316. The van der Waals surface area contributed by atoms with E-state index in [4.69, 9.17) is 10.5 Å². The molecule has 1 saturated heterocycles. The van der Waals surface area contributed by atoms with E-state index in [1.54, 1.807) is 6.92 Å². The van der Waals surface area contributed by atoms with Gasteiger partial charge in [0.25, 0.3) is 5.91 Å². The molecule has 5 heteroatoms. The van der Waals surface area contributed by atoms with Gasteiger partial charge in [0.05, 0.1) is 0 Å². The standard InChI is InChI=1S/C19H21BrN2O2/c1-13(24-16-9-7-15(20)8-10-16)19(23)22-11-17(18(21)12-22)14-5-3-2-4-6-14/h2-10,13,17-18H,11-12,21H2,1H3/t13?,17-,18+/m0/s1. The third-order valence-electron chi connectivity index (χ3n) is 4.38. The van der Waals surface area contributed by atoms with Crippen LogP contribution in [0, 0.1) is 0 Å². The number of likely N-dealkylation sites (tertiary alicyclic amines) is 1. The lowest BCUT2D eigenvalue weighted by molar-refractivity contribution is -0.136. The Morgan fingerprint density at radius 1 is 1.17 bits per heavy atom. The molecule has 0 saturated carbocycles.